The molecular weight excluding hydrogens is 254 g/mol. The zero-order chi connectivity index (χ0) is 14.2. The van der Waals surface area contributed by atoms with Crippen LogP contribution in [-0.2, 0) is 13.5 Å². The van der Waals surface area contributed by atoms with Crippen molar-refractivity contribution in [1.29, 1.82) is 0 Å². The lowest BCUT2D eigenvalue weighted by molar-refractivity contribution is -0.0161. The molecule has 0 aliphatic carbocycles. The van der Waals surface area contributed by atoms with Gasteiger partial charge in [0.05, 0.1) is 24.3 Å². The van der Waals surface area contributed by atoms with E-state index in [1.165, 1.54) is 0 Å². The Hall–Kier alpha value is -1.85. The van der Waals surface area contributed by atoms with Gasteiger partial charge in [-0.05, 0) is 18.1 Å². The number of aromatic nitrogens is 2. The second kappa shape index (κ2) is 4.92. The minimum atomic E-state index is -0.686. The molecule has 3 rings (SSSR count). The van der Waals surface area contributed by atoms with E-state index < -0.39 is 11.5 Å². The minimum Gasteiger partial charge on any atom is -0.493 e. The van der Waals surface area contributed by atoms with E-state index in [1.807, 2.05) is 37.5 Å². The third-order valence-electron chi connectivity index (χ3n) is 4.06. The number of ether oxygens (including phenoxy) is 1. The fourth-order valence-corrected chi connectivity index (χ4v) is 2.80. The van der Waals surface area contributed by atoms with Crippen LogP contribution >= 0.6 is 0 Å². The Kier molecular flexibility index (Phi) is 3.23. The molecule has 0 saturated heterocycles. The second-order valence-electron chi connectivity index (χ2n) is 5.49. The highest BCUT2D eigenvalue weighted by molar-refractivity contribution is 5.37. The summed E-state index contributed by atoms with van der Waals surface area (Å²) in [7, 11) is 1.83. The summed E-state index contributed by atoms with van der Waals surface area (Å²) in [6, 6.07) is 7.90. The fraction of sp³-hybridized carbons (Fsp3) is 0.400. The van der Waals surface area contributed by atoms with E-state index in [-0.39, 0.29) is 0 Å². The average Bonchev–Trinajstić information content (AvgIpc) is 2.92. The van der Waals surface area contributed by atoms with Crippen molar-refractivity contribution >= 4 is 0 Å². The molecule has 0 amide bonds. The lowest BCUT2D eigenvalue weighted by Gasteiger charge is -2.40. The summed E-state index contributed by atoms with van der Waals surface area (Å²) in [5, 5.41) is 14.8. The van der Waals surface area contributed by atoms with Crippen molar-refractivity contribution in [1.82, 2.24) is 9.78 Å². The highest BCUT2D eigenvalue weighted by Gasteiger charge is 2.42. The van der Waals surface area contributed by atoms with Crippen molar-refractivity contribution in [3.8, 4) is 5.75 Å². The molecule has 0 bridgehead atoms. The summed E-state index contributed by atoms with van der Waals surface area (Å²) in [6.45, 7) is 0.772. The SMILES string of the molecule is Cn1cc(C(O)C2(CN)COc3ccccc3C2)cn1. The molecule has 2 unspecified atom stereocenters. The molecule has 106 valence electrons. The van der Waals surface area contributed by atoms with E-state index in [0.717, 1.165) is 16.9 Å². The predicted octanol–water partition coefficient (Wildman–Crippen LogP) is 1.03. The van der Waals surface area contributed by atoms with E-state index in [2.05, 4.69) is 5.10 Å². The molecule has 1 aliphatic heterocycles. The zero-order valence-corrected chi connectivity index (χ0v) is 11.5. The van der Waals surface area contributed by atoms with Crippen LogP contribution in [0, 0.1) is 5.41 Å². The third kappa shape index (κ3) is 2.09. The molecule has 0 radical (unpaired) electrons. The average molecular weight is 273 g/mol. The van der Waals surface area contributed by atoms with Gasteiger partial charge in [-0.15, -0.1) is 0 Å². The molecule has 2 atom stereocenters. The van der Waals surface area contributed by atoms with Crippen molar-refractivity contribution in [3.63, 3.8) is 0 Å². The first-order chi connectivity index (χ1) is 9.64. The molecule has 2 aromatic rings. The standard InChI is InChI=1S/C15H19N3O2/c1-18-8-12(7-17-18)14(19)15(9-16)6-11-4-2-3-5-13(11)20-10-15/h2-5,7-8,14,19H,6,9-10,16H2,1H3. The molecule has 5 heteroatoms. The normalized spacial score (nSPS) is 22.9. The molecular formula is C15H19N3O2. The first kappa shape index (κ1) is 13.1. The monoisotopic (exact) mass is 273 g/mol. The van der Waals surface area contributed by atoms with Crippen LogP contribution in [0.25, 0.3) is 0 Å². The predicted molar refractivity (Wildman–Crippen MR) is 75.3 cm³/mol. The lowest BCUT2D eigenvalue weighted by Crippen LogP contribution is -2.46. The molecule has 2 heterocycles. The Morgan fingerprint density at radius 2 is 2.30 bits per heavy atom. The maximum Gasteiger partial charge on any atom is 0.122 e. The van der Waals surface area contributed by atoms with Gasteiger partial charge in [-0.25, -0.2) is 0 Å². The first-order valence-electron chi connectivity index (χ1n) is 6.72. The summed E-state index contributed by atoms with van der Waals surface area (Å²) in [5.41, 5.74) is 7.34. The van der Waals surface area contributed by atoms with Gasteiger partial charge >= 0.3 is 0 Å². The van der Waals surface area contributed by atoms with Crippen LogP contribution in [0.4, 0.5) is 0 Å². The number of hydrogen-bond acceptors (Lipinski definition) is 4. The molecule has 5 nitrogen and oxygen atoms in total. The number of benzene rings is 1. The highest BCUT2D eigenvalue weighted by atomic mass is 16.5. The molecule has 1 aliphatic rings. The maximum absolute atomic E-state index is 10.7. The number of aryl methyl sites for hydroxylation is 1. The van der Waals surface area contributed by atoms with Crippen molar-refractivity contribution in [2.45, 2.75) is 12.5 Å². The van der Waals surface area contributed by atoms with E-state index in [9.17, 15) is 5.11 Å². The highest BCUT2D eigenvalue weighted by Crippen LogP contribution is 2.42. The van der Waals surface area contributed by atoms with Crippen LogP contribution < -0.4 is 10.5 Å². The van der Waals surface area contributed by atoms with Gasteiger partial charge in [0, 0.05) is 25.4 Å². The van der Waals surface area contributed by atoms with Gasteiger partial charge in [0.15, 0.2) is 0 Å². The number of nitrogens with two attached hydrogens (primary N) is 1. The quantitative estimate of drug-likeness (QED) is 0.876. The van der Waals surface area contributed by atoms with E-state index in [4.69, 9.17) is 10.5 Å². The third-order valence-corrected chi connectivity index (χ3v) is 4.06. The number of nitrogens with zero attached hydrogens (tertiary/aromatic N) is 2. The molecule has 3 N–H and O–H groups in total. The Morgan fingerprint density at radius 3 is 3.00 bits per heavy atom. The van der Waals surface area contributed by atoms with Gasteiger partial charge in [-0.2, -0.15) is 5.10 Å². The summed E-state index contributed by atoms with van der Waals surface area (Å²) < 4.78 is 7.49. The van der Waals surface area contributed by atoms with Gasteiger partial charge in [-0.3, -0.25) is 4.68 Å². The maximum atomic E-state index is 10.7. The Labute approximate surface area is 118 Å². The van der Waals surface area contributed by atoms with Crippen molar-refractivity contribution in [3.05, 3.63) is 47.8 Å². The number of rotatable bonds is 3. The first-order valence-corrected chi connectivity index (χ1v) is 6.72. The van der Waals surface area contributed by atoms with Crippen LogP contribution in [0.1, 0.15) is 17.2 Å². The molecule has 0 fully saturated rings. The van der Waals surface area contributed by atoms with Crippen LogP contribution in [-0.4, -0.2) is 28.0 Å². The molecule has 1 aromatic carbocycles. The number of hydrogen-bond donors (Lipinski definition) is 2. The number of para-hydroxylation sites is 1. The van der Waals surface area contributed by atoms with Crippen molar-refractivity contribution in [2.24, 2.45) is 18.2 Å². The molecule has 1 aromatic heterocycles. The van der Waals surface area contributed by atoms with Gasteiger partial charge in [0.25, 0.3) is 0 Å². The minimum absolute atomic E-state index is 0.359. The number of aliphatic hydroxyl groups excluding tert-OH is 1. The lowest BCUT2D eigenvalue weighted by atomic mass is 9.74. The Balaban J connectivity index is 1.93. The van der Waals surface area contributed by atoms with Crippen LogP contribution in [0.15, 0.2) is 36.7 Å². The van der Waals surface area contributed by atoms with E-state index >= 15 is 0 Å². The molecule has 0 spiro atoms. The van der Waals surface area contributed by atoms with Gasteiger partial charge in [-0.1, -0.05) is 18.2 Å². The van der Waals surface area contributed by atoms with Crippen molar-refractivity contribution < 1.29 is 9.84 Å². The van der Waals surface area contributed by atoms with Gasteiger partial charge in [0.1, 0.15) is 5.75 Å². The number of aliphatic hydroxyl groups is 1. The van der Waals surface area contributed by atoms with Gasteiger partial charge < -0.3 is 15.6 Å². The summed E-state index contributed by atoms with van der Waals surface area (Å²) in [4.78, 5) is 0. The summed E-state index contributed by atoms with van der Waals surface area (Å²) >= 11 is 0. The van der Waals surface area contributed by atoms with Crippen LogP contribution in [0.3, 0.4) is 0 Å². The van der Waals surface area contributed by atoms with E-state index in [0.29, 0.717) is 19.6 Å². The van der Waals surface area contributed by atoms with Crippen LogP contribution in [0.2, 0.25) is 0 Å². The second-order valence-corrected chi connectivity index (χ2v) is 5.49. The smallest absolute Gasteiger partial charge is 0.122 e. The summed E-state index contributed by atoms with van der Waals surface area (Å²) in [5.74, 6) is 0.884. The number of fused-ring (bicyclic) bond motifs is 1. The Bertz CT molecular complexity index is 611. The van der Waals surface area contributed by atoms with E-state index in [1.54, 1.807) is 10.9 Å². The largest absolute Gasteiger partial charge is 0.493 e. The summed E-state index contributed by atoms with van der Waals surface area (Å²) in [6.07, 6.45) is 3.52. The fourth-order valence-electron chi connectivity index (χ4n) is 2.80. The molecule has 0 saturated carbocycles. The Morgan fingerprint density at radius 1 is 1.50 bits per heavy atom. The van der Waals surface area contributed by atoms with Crippen molar-refractivity contribution in [2.75, 3.05) is 13.2 Å². The van der Waals surface area contributed by atoms with Gasteiger partial charge in [0.2, 0.25) is 0 Å². The van der Waals surface area contributed by atoms with Crippen LogP contribution in [0.5, 0.6) is 5.75 Å². The zero-order valence-electron chi connectivity index (χ0n) is 11.5. The topological polar surface area (TPSA) is 73.3 Å². The molecule has 20 heavy (non-hydrogen) atoms.